The summed E-state index contributed by atoms with van der Waals surface area (Å²) < 4.78 is 64.4. The van der Waals surface area contributed by atoms with Crippen LogP contribution in [0.3, 0.4) is 0 Å². The molecule has 5 N–H and O–H groups in total. The molecule has 2 aromatic carbocycles. The smallest absolute Gasteiger partial charge is 0.424 e. The van der Waals surface area contributed by atoms with Gasteiger partial charge >= 0.3 is 6.18 Å². The molecule has 13 heteroatoms. The van der Waals surface area contributed by atoms with E-state index in [1.807, 2.05) is 6.92 Å². The van der Waals surface area contributed by atoms with Gasteiger partial charge in [-0.05, 0) is 99.2 Å². The van der Waals surface area contributed by atoms with Gasteiger partial charge in [-0.25, -0.2) is 9.37 Å². The van der Waals surface area contributed by atoms with Crippen LogP contribution in [0.25, 0.3) is 27.9 Å². The van der Waals surface area contributed by atoms with Crippen molar-refractivity contribution in [1.82, 2.24) is 20.6 Å². The normalized spacial score (nSPS) is 19.1. The Morgan fingerprint density at radius 3 is 2.45 bits per heavy atom. The fraction of sp³-hybridized carbons (Fsp3) is 0.333. The number of nitrogens with one attached hydrogen (secondary N) is 2. The molecule has 2 aliphatic carbocycles. The van der Waals surface area contributed by atoms with Crippen molar-refractivity contribution in [3.05, 3.63) is 95.6 Å². The highest BCUT2D eigenvalue weighted by Crippen LogP contribution is 2.46. The molecule has 2 amide bonds. The molecule has 0 spiro atoms. The van der Waals surface area contributed by atoms with E-state index in [1.54, 1.807) is 24.4 Å². The Hall–Kier alpha value is -5.04. The van der Waals surface area contributed by atoms with Crippen LogP contribution >= 0.6 is 0 Å². The molecule has 49 heavy (non-hydrogen) atoms. The van der Waals surface area contributed by atoms with Crippen molar-refractivity contribution in [2.45, 2.75) is 62.3 Å². The molecule has 2 atom stereocenters. The van der Waals surface area contributed by atoms with Gasteiger partial charge in [0.05, 0.1) is 23.3 Å². The van der Waals surface area contributed by atoms with E-state index in [9.17, 15) is 32.3 Å². The van der Waals surface area contributed by atoms with Gasteiger partial charge < -0.3 is 26.2 Å². The first-order valence-electron chi connectivity index (χ1n) is 15.7. The molecule has 0 aliphatic heterocycles. The Bertz CT molecular complexity index is 1980. The monoisotopic (exact) mass is 677 g/mol. The molecule has 256 valence electrons. The summed E-state index contributed by atoms with van der Waals surface area (Å²) in [6, 6.07) is 12.7. The average Bonchev–Trinajstić information content (AvgIpc) is 3.68. The van der Waals surface area contributed by atoms with Crippen LogP contribution in [0, 0.1) is 5.82 Å². The predicted octanol–water partition coefficient (Wildman–Crippen LogP) is 5.18. The van der Waals surface area contributed by atoms with Gasteiger partial charge in [-0.3, -0.25) is 14.6 Å². The zero-order valence-corrected chi connectivity index (χ0v) is 26.9. The van der Waals surface area contributed by atoms with Gasteiger partial charge in [0.1, 0.15) is 17.1 Å². The number of benzene rings is 2. The number of rotatable bonds is 11. The third kappa shape index (κ3) is 6.42. The largest absolute Gasteiger partial charge is 0.481 e. The van der Waals surface area contributed by atoms with E-state index in [0.717, 1.165) is 31.0 Å². The minimum Gasteiger partial charge on any atom is -0.481 e. The number of halogens is 4. The van der Waals surface area contributed by atoms with Crippen LogP contribution in [0.1, 0.15) is 55.5 Å². The van der Waals surface area contributed by atoms with Crippen LogP contribution in [0.15, 0.2) is 67.4 Å². The van der Waals surface area contributed by atoms with Crippen molar-refractivity contribution >= 4 is 28.4 Å². The minimum atomic E-state index is -5.25. The number of hydrogen-bond acceptors (Lipinski definition) is 7. The lowest BCUT2D eigenvalue weighted by molar-refractivity contribution is -0.265. The summed E-state index contributed by atoms with van der Waals surface area (Å²) in [4.78, 5) is 33.7. The number of aliphatic hydroxyl groups is 1. The van der Waals surface area contributed by atoms with Crippen LogP contribution in [0.4, 0.5) is 17.6 Å². The lowest BCUT2D eigenvalue weighted by Crippen LogP contribution is -2.50. The Balaban J connectivity index is 1.34. The highest BCUT2D eigenvalue weighted by Gasteiger charge is 2.57. The molecule has 4 aromatic rings. The van der Waals surface area contributed by atoms with Gasteiger partial charge in [0, 0.05) is 33.9 Å². The number of fused-ring (bicyclic) bond motifs is 2. The molecule has 2 aromatic heterocycles. The molecule has 0 unspecified atom stereocenters. The molecule has 2 aliphatic rings. The van der Waals surface area contributed by atoms with Crippen molar-refractivity contribution in [2.24, 2.45) is 5.73 Å². The second-order valence-corrected chi connectivity index (χ2v) is 13.2. The molecule has 6 rings (SSSR count). The summed E-state index contributed by atoms with van der Waals surface area (Å²) in [6.07, 6.45) is -1.46. The number of nitrogens with two attached hydrogens (primary N) is 1. The molecule has 0 saturated heterocycles. The van der Waals surface area contributed by atoms with Crippen LogP contribution < -0.4 is 21.1 Å². The lowest BCUT2D eigenvalue weighted by Gasteiger charge is -2.32. The number of primary amides is 1. The fourth-order valence-corrected chi connectivity index (χ4v) is 6.09. The number of alkyl halides is 3. The topological polar surface area (TPSA) is 139 Å². The van der Waals surface area contributed by atoms with E-state index in [1.165, 1.54) is 25.1 Å². The zero-order chi connectivity index (χ0) is 35.4. The van der Waals surface area contributed by atoms with E-state index in [-0.39, 0.29) is 53.6 Å². The van der Waals surface area contributed by atoms with Gasteiger partial charge in [-0.15, -0.1) is 0 Å². The fourth-order valence-electron chi connectivity index (χ4n) is 6.09. The van der Waals surface area contributed by atoms with Gasteiger partial charge in [-0.1, -0.05) is 12.6 Å². The van der Waals surface area contributed by atoms with Gasteiger partial charge in [0.2, 0.25) is 11.5 Å². The number of nitrogens with zero attached hydrogens (tertiary/aromatic N) is 2. The number of aromatic nitrogens is 2. The van der Waals surface area contributed by atoms with Crippen LogP contribution in [0.2, 0.25) is 0 Å². The molecule has 1 fully saturated rings. The van der Waals surface area contributed by atoms with Crippen molar-refractivity contribution in [2.75, 3.05) is 13.2 Å². The van der Waals surface area contributed by atoms with Crippen LogP contribution in [-0.4, -0.2) is 51.8 Å². The Labute approximate surface area is 279 Å². The quantitative estimate of drug-likeness (QED) is 0.161. The number of ether oxygens (including phenoxy) is 1. The Kier molecular flexibility index (Phi) is 8.38. The third-order valence-corrected chi connectivity index (χ3v) is 9.52. The summed E-state index contributed by atoms with van der Waals surface area (Å²) >= 11 is 0. The molecule has 0 radical (unpaired) electrons. The standard InChI is InChI=1S/C36H35F4N5O4/c1-20(23-15-22-5-4-14-42-31(22)27(16-23)49-18-29(46)45-33(2)12-13-33)43-19-35(48,36(38,39)40)28-17-26-25(10-11-34(26,3)32(41)47)30(44-28)21-6-8-24(37)9-7-21/h4-9,14-17,43,48H,1,10-13,18-19H2,2-3H3,(H2,41,47)(H,45,46)/t34-,35-/m0/s1. The molecule has 9 nitrogen and oxygen atoms in total. The number of amides is 2. The Morgan fingerprint density at radius 1 is 1.08 bits per heavy atom. The summed E-state index contributed by atoms with van der Waals surface area (Å²) in [7, 11) is 0. The van der Waals surface area contributed by atoms with Crippen molar-refractivity contribution in [1.29, 1.82) is 0 Å². The van der Waals surface area contributed by atoms with E-state index in [4.69, 9.17) is 10.5 Å². The first kappa shape index (κ1) is 33.8. The molecule has 2 heterocycles. The van der Waals surface area contributed by atoms with Gasteiger partial charge in [-0.2, -0.15) is 13.2 Å². The number of hydrogen-bond donors (Lipinski definition) is 4. The zero-order valence-electron chi connectivity index (χ0n) is 26.9. The molecule has 1 saturated carbocycles. The molecular formula is C36H35F4N5O4. The molecular weight excluding hydrogens is 642 g/mol. The predicted molar refractivity (Wildman–Crippen MR) is 175 cm³/mol. The highest BCUT2D eigenvalue weighted by atomic mass is 19.4. The number of carbonyl (C=O) groups excluding carboxylic acids is 2. The Morgan fingerprint density at radius 2 is 1.80 bits per heavy atom. The van der Waals surface area contributed by atoms with E-state index in [0.29, 0.717) is 27.6 Å². The lowest BCUT2D eigenvalue weighted by atomic mass is 9.81. The van der Waals surface area contributed by atoms with Crippen molar-refractivity contribution in [3.8, 4) is 17.0 Å². The summed E-state index contributed by atoms with van der Waals surface area (Å²) in [5.41, 5.74) is 1.69. The SMILES string of the molecule is C=C(NC[C@](O)(c1cc2c(c(-c3ccc(F)cc3)n1)CC[C@]2(C)C(N)=O)C(F)(F)F)c1cc(OCC(=O)NC2(C)CC2)c2ncccc2c1. The average molecular weight is 678 g/mol. The van der Waals surface area contributed by atoms with Crippen LogP contribution in [0.5, 0.6) is 5.75 Å². The van der Waals surface area contributed by atoms with E-state index in [2.05, 4.69) is 27.2 Å². The number of carbonyl (C=O) groups is 2. The van der Waals surface area contributed by atoms with Gasteiger partial charge in [0.25, 0.3) is 5.91 Å². The minimum absolute atomic E-state index is 0.00936. The van der Waals surface area contributed by atoms with Crippen LogP contribution in [-0.2, 0) is 27.0 Å². The second-order valence-electron chi connectivity index (χ2n) is 13.2. The van der Waals surface area contributed by atoms with Crippen molar-refractivity contribution in [3.63, 3.8) is 0 Å². The first-order chi connectivity index (χ1) is 23.0. The second kappa shape index (κ2) is 12.1. The number of pyridine rings is 2. The van der Waals surface area contributed by atoms with E-state index < -0.39 is 41.2 Å². The molecule has 0 bridgehead atoms. The van der Waals surface area contributed by atoms with E-state index >= 15 is 0 Å². The highest BCUT2D eigenvalue weighted by molar-refractivity contribution is 5.90. The summed E-state index contributed by atoms with van der Waals surface area (Å²) in [6.45, 7) is 5.97. The van der Waals surface area contributed by atoms with Gasteiger partial charge in [0.15, 0.2) is 6.61 Å². The third-order valence-electron chi connectivity index (χ3n) is 9.52. The first-order valence-corrected chi connectivity index (χ1v) is 15.7. The maximum absolute atomic E-state index is 14.9. The maximum atomic E-state index is 14.9. The van der Waals surface area contributed by atoms with Crippen molar-refractivity contribution < 1.29 is 37.0 Å². The summed E-state index contributed by atoms with van der Waals surface area (Å²) in [5.74, 6) is -1.40. The maximum Gasteiger partial charge on any atom is 0.424 e. The summed E-state index contributed by atoms with van der Waals surface area (Å²) in [5, 5.41) is 17.6.